The summed E-state index contributed by atoms with van der Waals surface area (Å²) in [5.41, 5.74) is 14.1. The summed E-state index contributed by atoms with van der Waals surface area (Å²) in [6.07, 6.45) is 5.20. The zero-order valence-electron chi connectivity index (χ0n) is 10.3. The molecule has 0 atom stereocenters. The number of alkyl halides is 1. The van der Waals surface area contributed by atoms with Gasteiger partial charge in [-0.25, -0.2) is 4.39 Å². The maximum atomic E-state index is 12.0. The van der Waals surface area contributed by atoms with Crippen molar-refractivity contribution < 1.29 is 4.39 Å². The molecule has 0 radical (unpaired) electrons. The van der Waals surface area contributed by atoms with Gasteiger partial charge in [-0.3, -0.25) is 0 Å². The molecule has 2 rings (SSSR count). The number of hydrogen-bond donors (Lipinski definition) is 2. The van der Waals surface area contributed by atoms with E-state index >= 15 is 0 Å². The van der Waals surface area contributed by atoms with E-state index in [-0.39, 0.29) is 5.84 Å². The first-order valence-electron chi connectivity index (χ1n) is 5.76. The molecule has 98 valence electrons. The van der Waals surface area contributed by atoms with Gasteiger partial charge in [0.15, 0.2) is 5.84 Å². The van der Waals surface area contributed by atoms with Crippen LogP contribution < -0.4 is 5.73 Å². The monoisotopic (exact) mass is 259 g/mol. The summed E-state index contributed by atoms with van der Waals surface area (Å²) in [5, 5.41) is 7.41. The smallest absolute Gasteiger partial charge is 0.155 e. The van der Waals surface area contributed by atoms with Gasteiger partial charge in [0.2, 0.25) is 0 Å². The Kier molecular flexibility index (Phi) is 4.02. The highest BCUT2D eigenvalue weighted by atomic mass is 19.1. The first kappa shape index (κ1) is 12.9. The lowest BCUT2D eigenvalue weighted by molar-refractivity contribution is 0.560. The molecule has 0 saturated heterocycles. The minimum Gasteiger partial charge on any atom is -0.382 e. The summed E-state index contributed by atoms with van der Waals surface area (Å²) in [7, 11) is 0. The fraction of sp³-hybridized carbons (Fsp3) is 0.154. The minimum absolute atomic E-state index is 0.210. The van der Waals surface area contributed by atoms with Crippen molar-refractivity contribution >= 4 is 16.7 Å². The third-order valence-corrected chi connectivity index (χ3v) is 2.78. The van der Waals surface area contributed by atoms with Crippen molar-refractivity contribution in [3.63, 3.8) is 0 Å². The van der Waals surface area contributed by atoms with E-state index in [0.717, 1.165) is 16.5 Å². The first-order valence-corrected chi connectivity index (χ1v) is 5.76. The van der Waals surface area contributed by atoms with Crippen LogP contribution in [0.4, 0.5) is 4.39 Å². The number of aromatic nitrogens is 1. The van der Waals surface area contributed by atoms with Crippen LogP contribution in [0.2, 0.25) is 0 Å². The molecule has 2 aromatic rings. The molecule has 0 unspecified atom stereocenters. The van der Waals surface area contributed by atoms with E-state index in [1.54, 1.807) is 6.08 Å². The van der Waals surface area contributed by atoms with Crippen LogP contribution in [-0.2, 0) is 6.54 Å². The van der Waals surface area contributed by atoms with E-state index in [1.165, 1.54) is 6.08 Å². The zero-order valence-corrected chi connectivity index (χ0v) is 10.3. The molecule has 0 amide bonds. The van der Waals surface area contributed by atoms with Crippen molar-refractivity contribution in [3.05, 3.63) is 48.2 Å². The molecule has 3 N–H and O–H groups in total. The van der Waals surface area contributed by atoms with Crippen molar-refractivity contribution in [1.29, 1.82) is 5.53 Å². The van der Waals surface area contributed by atoms with Gasteiger partial charge in [0, 0.05) is 29.2 Å². The molecule has 0 aliphatic heterocycles. The van der Waals surface area contributed by atoms with Crippen molar-refractivity contribution in [2.45, 2.75) is 6.54 Å². The van der Waals surface area contributed by atoms with Crippen molar-refractivity contribution in [2.24, 2.45) is 16.1 Å². The van der Waals surface area contributed by atoms with Crippen LogP contribution in [0.1, 0.15) is 5.56 Å². The standard InChI is InChI=1S/C13H14FN5/c14-6-1-2-7-19-8-5-10-9-11(3-4-12(10)19)13(15)17-18-16/h1-5,8-9H,6-7H2,(H3,15,16,17)/b2-1+. The number of benzene rings is 1. The van der Waals surface area contributed by atoms with Crippen molar-refractivity contribution in [2.75, 3.05) is 6.67 Å². The van der Waals surface area contributed by atoms with Gasteiger partial charge in [0.1, 0.15) is 6.67 Å². The van der Waals surface area contributed by atoms with Gasteiger partial charge in [-0.2, -0.15) is 5.53 Å². The number of nitrogens with two attached hydrogens (primary N) is 1. The number of allylic oxidation sites excluding steroid dienone is 2. The molecule has 0 bridgehead atoms. The molecule has 19 heavy (non-hydrogen) atoms. The van der Waals surface area contributed by atoms with Crippen molar-refractivity contribution in [1.82, 2.24) is 4.57 Å². The number of halogens is 1. The fourth-order valence-electron chi connectivity index (χ4n) is 1.88. The zero-order chi connectivity index (χ0) is 13.7. The maximum absolute atomic E-state index is 12.0. The summed E-state index contributed by atoms with van der Waals surface area (Å²) in [6.45, 7) is 0.172. The number of amidine groups is 1. The number of fused-ring (bicyclic) bond motifs is 1. The highest BCUT2D eigenvalue weighted by Gasteiger charge is 2.04. The Morgan fingerprint density at radius 3 is 2.95 bits per heavy atom. The van der Waals surface area contributed by atoms with Gasteiger partial charge in [0.05, 0.1) is 0 Å². The van der Waals surface area contributed by atoms with Crippen LogP contribution in [0.15, 0.2) is 52.9 Å². The molecule has 5 nitrogen and oxygen atoms in total. The number of hydrogen-bond acceptors (Lipinski definition) is 2. The molecule has 0 aliphatic carbocycles. The summed E-state index contributed by atoms with van der Waals surface area (Å²) in [6, 6.07) is 7.57. The van der Waals surface area contributed by atoms with Crippen LogP contribution >= 0.6 is 0 Å². The Morgan fingerprint density at radius 2 is 2.21 bits per heavy atom. The average molecular weight is 259 g/mol. The summed E-state index contributed by atoms with van der Waals surface area (Å²) in [4.78, 5) is 0. The molecule has 1 aromatic carbocycles. The van der Waals surface area contributed by atoms with E-state index in [0.29, 0.717) is 6.54 Å². The second-order valence-electron chi connectivity index (χ2n) is 3.95. The van der Waals surface area contributed by atoms with Crippen LogP contribution in [0.25, 0.3) is 10.9 Å². The first-order chi connectivity index (χ1) is 9.26. The molecule has 0 aliphatic rings. The van der Waals surface area contributed by atoms with Crippen LogP contribution in [0.5, 0.6) is 0 Å². The Labute approximate surface area is 109 Å². The fourth-order valence-corrected chi connectivity index (χ4v) is 1.88. The number of nitrogens with one attached hydrogen (secondary N) is 1. The van der Waals surface area contributed by atoms with Crippen LogP contribution in [0.3, 0.4) is 0 Å². The number of nitrogens with zero attached hydrogens (tertiary/aromatic N) is 3. The van der Waals surface area contributed by atoms with Gasteiger partial charge < -0.3 is 10.3 Å². The molecular weight excluding hydrogens is 245 g/mol. The second-order valence-corrected chi connectivity index (χ2v) is 3.95. The van der Waals surface area contributed by atoms with E-state index in [4.69, 9.17) is 11.3 Å². The SMILES string of the molecule is N=NN=C(N)c1ccc2c(ccn2C/C=C/CF)c1. The normalized spacial score (nSPS) is 12.4. The lowest BCUT2D eigenvalue weighted by Gasteiger charge is -2.03. The summed E-state index contributed by atoms with van der Waals surface area (Å²) >= 11 is 0. The molecule has 6 heteroatoms. The molecule has 0 spiro atoms. The minimum atomic E-state index is -0.451. The Balaban J connectivity index is 2.34. The van der Waals surface area contributed by atoms with Gasteiger partial charge in [-0.1, -0.05) is 17.4 Å². The molecule has 1 aromatic heterocycles. The largest absolute Gasteiger partial charge is 0.382 e. The van der Waals surface area contributed by atoms with Gasteiger partial charge >= 0.3 is 0 Å². The van der Waals surface area contributed by atoms with Crippen LogP contribution in [0, 0.1) is 5.53 Å². The summed E-state index contributed by atoms with van der Waals surface area (Å²) < 4.78 is 14.0. The van der Waals surface area contributed by atoms with Crippen molar-refractivity contribution in [3.8, 4) is 0 Å². The quantitative estimate of drug-likeness (QED) is 0.280. The topological polar surface area (TPSA) is 79.5 Å². The molecule has 0 fully saturated rings. The van der Waals surface area contributed by atoms with Gasteiger partial charge in [0.25, 0.3) is 0 Å². The van der Waals surface area contributed by atoms with Crippen LogP contribution in [-0.4, -0.2) is 17.1 Å². The number of rotatable bonds is 5. The highest BCUT2D eigenvalue weighted by molar-refractivity contribution is 6.00. The predicted octanol–water partition coefficient (Wildman–Crippen LogP) is 2.82. The molecular formula is C13H14FN5. The Bertz CT molecular complexity index is 642. The summed E-state index contributed by atoms with van der Waals surface area (Å²) in [5.74, 6) is 0.210. The van der Waals surface area contributed by atoms with E-state index < -0.39 is 6.67 Å². The lowest BCUT2D eigenvalue weighted by Crippen LogP contribution is -2.12. The third-order valence-electron chi connectivity index (χ3n) is 2.78. The Morgan fingerprint density at radius 1 is 1.37 bits per heavy atom. The van der Waals surface area contributed by atoms with E-state index in [1.807, 2.05) is 35.0 Å². The second kappa shape index (κ2) is 5.90. The third kappa shape index (κ3) is 2.85. The molecule has 0 saturated carbocycles. The van der Waals surface area contributed by atoms with Gasteiger partial charge in [-0.05, 0) is 24.3 Å². The average Bonchev–Trinajstić information content (AvgIpc) is 2.82. The highest BCUT2D eigenvalue weighted by Crippen LogP contribution is 2.18. The Hall–Kier alpha value is -2.50. The molecule has 1 heterocycles. The lowest BCUT2D eigenvalue weighted by atomic mass is 10.1. The maximum Gasteiger partial charge on any atom is 0.155 e. The van der Waals surface area contributed by atoms with E-state index in [9.17, 15) is 4.39 Å². The predicted molar refractivity (Wildman–Crippen MR) is 72.9 cm³/mol. The van der Waals surface area contributed by atoms with Gasteiger partial charge in [-0.15, -0.1) is 5.10 Å². The van der Waals surface area contributed by atoms with E-state index in [2.05, 4.69) is 10.3 Å².